The Kier molecular flexibility index (Phi) is 4.50. The summed E-state index contributed by atoms with van der Waals surface area (Å²) < 4.78 is 37.7. The molecular weight excluding hydrogens is 354 g/mol. The van der Waals surface area contributed by atoms with E-state index in [2.05, 4.69) is 10.1 Å². The molecule has 140 valence electrons. The first kappa shape index (κ1) is 17.5. The number of anilines is 1. The van der Waals surface area contributed by atoms with Gasteiger partial charge in [-0.05, 0) is 44.0 Å². The standard InChI is InChI=1S/C18H23N3O4S/c1-13-17(14(2)25-19-13)12-20-6-5-15-11-16(3-4-18(15)20)26(22,23)21-7-9-24-10-8-21/h3-4,11H,5-10,12H2,1-2H3. The fraction of sp³-hybridized carbons (Fsp3) is 0.500. The number of nitrogens with zero attached hydrogens (tertiary/aromatic N) is 3. The third-order valence-corrected chi connectivity index (χ3v) is 7.08. The fourth-order valence-electron chi connectivity index (χ4n) is 3.63. The van der Waals surface area contributed by atoms with Gasteiger partial charge in [-0.15, -0.1) is 0 Å². The Labute approximate surface area is 153 Å². The monoisotopic (exact) mass is 377 g/mol. The third-order valence-electron chi connectivity index (χ3n) is 5.18. The summed E-state index contributed by atoms with van der Waals surface area (Å²) in [5.41, 5.74) is 4.17. The largest absolute Gasteiger partial charge is 0.379 e. The summed E-state index contributed by atoms with van der Waals surface area (Å²) in [6.45, 7) is 7.19. The summed E-state index contributed by atoms with van der Waals surface area (Å²) in [5, 5.41) is 4.02. The van der Waals surface area contributed by atoms with Gasteiger partial charge >= 0.3 is 0 Å². The first-order valence-electron chi connectivity index (χ1n) is 8.84. The van der Waals surface area contributed by atoms with Gasteiger partial charge in [0.1, 0.15) is 5.76 Å². The first-order valence-corrected chi connectivity index (χ1v) is 10.3. The molecule has 0 saturated carbocycles. The molecule has 0 radical (unpaired) electrons. The van der Waals surface area contributed by atoms with Crippen molar-refractivity contribution >= 4 is 15.7 Å². The number of benzene rings is 1. The summed E-state index contributed by atoms with van der Waals surface area (Å²) in [6.07, 6.45) is 0.838. The van der Waals surface area contributed by atoms with E-state index >= 15 is 0 Å². The molecule has 1 fully saturated rings. The second-order valence-corrected chi connectivity index (χ2v) is 8.72. The molecule has 3 heterocycles. The van der Waals surface area contributed by atoms with Crippen molar-refractivity contribution in [2.75, 3.05) is 37.7 Å². The number of fused-ring (bicyclic) bond motifs is 1. The second kappa shape index (κ2) is 6.68. The average Bonchev–Trinajstić information content (AvgIpc) is 3.20. The number of aromatic nitrogens is 1. The van der Waals surface area contributed by atoms with Crippen molar-refractivity contribution in [3.63, 3.8) is 0 Å². The van der Waals surface area contributed by atoms with Crippen molar-refractivity contribution in [1.82, 2.24) is 9.46 Å². The molecule has 1 aromatic heterocycles. The minimum Gasteiger partial charge on any atom is -0.379 e. The van der Waals surface area contributed by atoms with Gasteiger partial charge < -0.3 is 14.2 Å². The Hall–Kier alpha value is -1.90. The molecule has 1 aromatic carbocycles. The van der Waals surface area contributed by atoms with E-state index in [1.807, 2.05) is 26.0 Å². The average molecular weight is 377 g/mol. The minimum atomic E-state index is -3.45. The van der Waals surface area contributed by atoms with Crippen LogP contribution in [0.3, 0.4) is 0 Å². The molecule has 2 aliphatic heterocycles. The van der Waals surface area contributed by atoms with Crippen LogP contribution in [0.4, 0.5) is 5.69 Å². The second-order valence-electron chi connectivity index (χ2n) is 6.78. The van der Waals surface area contributed by atoms with Gasteiger partial charge in [0.05, 0.1) is 23.8 Å². The fourth-order valence-corrected chi connectivity index (χ4v) is 5.08. The van der Waals surface area contributed by atoms with Crippen LogP contribution in [0, 0.1) is 13.8 Å². The van der Waals surface area contributed by atoms with Crippen LogP contribution in [-0.2, 0) is 27.7 Å². The quantitative estimate of drug-likeness (QED) is 0.810. The highest BCUT2D eigenvalue weighted by Crippen LogP contribution is 2.33. The molecule has 0 amide bonds. The van der Waals surface area contributed by atoms with Crippen molar-refractivity contribution in [2.24, 2.45) is 0 Å². The van der Waals surface area contributed by atoms with E-state index in [0.29, 0.717) is 31.2 Å². The summed E-state index contributed by atoms with van der Waals surface area (Å²) in [6, 6.07) is 5.47. The topological polar surface area (TPSA) is 75.9 Å². The molecule has 4 rings (SSSR count). The highest BCUT2D eigenvalue weighted by Gasteiger charge is 2.29. The van der Waals surface area contributed by atoms with E-state index in [0.717, 1.165) is 47.8 Å². The minimum absolute atomic E-state index is 0.373. The van der Waals surface area contributed by atoms with E-state index in [1.54, 1.807) is 6.07 Å². The smallest absolute Gasteiger partial charge is 0.243 e. The van der Waals surface area contributed by atoms with E-state index in [9.17, 15) is 8.42 Å². The van der Waals surface area contributed by atoms with Crippen LogP contribution in [0.25, 0.3) is 0 Å². The maximum Gasteiger partial charge on any atom is 0.243 e. The van der Waals surface area contributed by atoms with Crippen LogP contribution in [0.15, 0.2) is 27.6 Å². The van der Waals surface area contributed by atoms with Crippen molar-refractivity contribution in [3.05, 3.63) is 40.8 Å². The number of hydrogen-bond donors (Lipinski definition) is 0. The molecular formula is C18H23N3O4S. The lowest BCUT2D eigenvalue weighted by Crippen LogP contribution is -2.40. The lowest BCUT2D eigenvalue weighted by atomic mass is 10.1. The number of hydrogen-bond acceptors (Lipinski definition) is 6. The zero-order chi connectivity index (χ0) is 18.3. The van der Waals surface area contributed by atoms with E-state index < -0.39 is 10.0 Å². The molecule has 0 aliphatic carbocycles. The van der Waals surface area contributed by atoms with E-state index in [4.69, 9.17) is 9.26 Å². The van der Waals surface area contributed by atoms with Crippen LogP contribution in [0.1, 0.15) is 22.6 Å². The molecule has 8 heteroatoms. The molecule has 0 bridgehead atoms. The van der Waals surface area contributed by atoms with Gasteiger partial charge in [0.15, 0.2) is 0 Å². The molecule has 0 unspecified atom stereocenters. The summed E-state index contributed by atoms with van der Waals surface area (Å²) in [7, 11) is -3.45. The van der Waals surface area contributed by atoms with E-state index in [-0.39, 0.29) is 0 Å². The van der Waals surface area contributed by atoms with Crippen LogP contribution in [-0.4, -0.2) is 50.7 Å². The highest BCUT2D eigenvalue weighted by molar-refractivity contribution is 7.89. The molecule has 0 atom stereocenters. The lowest BCUT2D eigenvalue weighted by Gasteiger charge is -2.26. The molecule has 26 heavy (non-hydrogen) atoms. The van der Waals surface area contributed by atoms with Crippen molar-refractivity contribution < 1.29 is 17.7 Å². The van der Waals surface area contributed by atoms with E-state index in [1.165, 1.54) is 4.31 Å². The van der Waals surface area contributed by atoms with Gasteiger partial charge in [-0.3, -0.25) is 0 Å². The number of ether oxygens (including phenoxy) is 1. The van der Waals surface area contributed by atoms with Crippen LogP contribution < -0.4 is 4.90 Å². The summed E-state index contributed by atoms with van der Waals surface area (Å²) in [5.74, 6) is 0.836. The van der Waals surface area contributed by atoms with Crippen LogP contribution >= 0.6 is 0 Å². The van der Waals surface area contributed by atoms with Gasteiger partial charge in [0, 0.05) is 37.4 Å². The molecule has 0 N–H and O–H groups in total. The van der Waals surface area contributed by atoms with Gasteiger partial charge in [0.2, 0.25) is 10.0 Å². The lowest BCUT2D eigenvalue weighted by molar-refractivity contribution is 0.0730. The van der Waals surface area contributed by atoms with Gasteiger partial charge in [-0.1, -0.05) is 5.16 Å². The number of morpholine rings is 1. The van der Waals surface area contributed by atoms with Gasteiger partial charge in [-0.25, -0.2) is 8.42 Å². The maximum atomic E-state index is 12.9. The molecule has 2 aromatic rings. The maximum absolute atomic E-state index is 12.9. The number of rotatable bonds is 4. The SMILES string of the molecule is Cc1noc(C)c1CN1CCc2cc(S(=O)(=O)N3CCOCC3)ccc21. The van der Waals surface area contributed by atoms with Gasteiger partial charge in [0.25, 0.3) is 0 Å². The Morgan fingerprint density at radius 1 is 1.15 bits per heavy atom. The number of sulfonamides is 1. The Morgan fingerprint density at radius 2 is 1.92 bits per heavy atom. The molecule has 2 aliphatic rings. The van der Waals surface area contributed by atoms with Crippen molar-refractivity contribution in [1.29, 1.82) is 0 Å². The van der Waals surface area contributed by atoms with Crippen molar-refractivity contribution in [3.8, 4) is 0 Å². The zero-order valence-electron chi connectivity index (χ0n) is 15.1. The van der Waals surface area contributed by atoms with Gasteiger partial charge in [-0.2, -0.15) is 4.31 Å². The zero-order valence-corrected chi connectivity index (χ0v) is 15.9. The summed E-state index contributed by atoms with van der Waals surface area (Å²) in [4.78, 5) is 2.63. The molecule has 1 saturated heterocycles. The molecule has 0 spiro atoms. The number of aryl methyl sites for hydroxylation is 2. The Morgan fingerprint density at radius 3 is 2.62 bits per heavy atom. The van der Waals surface area contributed by atoms with Crippen LogP contribution in [0.5, 0.6) is 0 Å². The molecule has 7 nitrogen and oxygen atoms in total. The third kappa shape index (κ3) is 3.02. The predicted molar refractivity (Wildman–Crippen MR) is 96.8 cm³/mol. The van der Waals surface area contributed by atoms with Crippen LogP contribution in [0.2, 0.25) is 0 Å². The highest BCUT2D eigenvalue weighted by atomic mass is 32.2. The predicted octanol–water partition coefficient (Wildman–Crippen LogP) is 1.88. The Bertz CT molecular complexity index is 897. The Balaban J connectivity index is 1.58. The van der Waals surface area contributed by atoms with Crippen molar-refractivity contribution in [2.45, 2.75) is 31.7 Å². The normalized spacial score (nSPS) is 18.3. The first-order chi connectivity index (χ1) is 12.5. The summed E-state index contributed by atoms with van der Waals surface area (Å²) >= 11 is 0.